The topological polar surface area (TPSA) is 78.9 Å². The summed E-state index contributed by atoms with van der Waals surface area (Å²) in [6, 6.07) is 0. The van der Waals surface area contributed by atoms with Gasteiger partial charge in [0.15, 0.2) is 6.10 Å². The van der Waals surface area contributed by atoms with Gasteiger partial charge in [-0.1, -0.05) is 309 Å². The maximum Gasteiger partial charge on any atom is 0.306 e. The van der Waals surface area contributed by atoms with Crippen LogP contribution in [0.1, 0.15) is 316 Å². The fourth-order valence-corrected chi connectivity index (χ4v) is 9.44. The van der Waals surface area contributed by atoms with Gasteiger partial charge in [-0.2, -0.15) is 0 Å². The second-order valence-corrected chi connectivity index (χ2v) is 22.3. The molecule has 0 aromatic rings. The number of rotatable bonds is 61. The lowest BCUT2D eigenvalue weighted by molar-refractivity contribution is -0.167. The molecule has 6 heteroatoms. The molecule has 0 saturated carbocycles. The van der Waals surface area contributed by atoms with Gasteiger partial charge in [0, 0.05) is 19.3 Å². The lowest BCUT2D eigenvalue weighted by Crippen LogP contribution is -2.30. The first-order valence-electron chi connectivity index (χ1n) is 34.0. The zero-order chi connectivity index (χ0) is 58.5. The Kier molecular flexibility index (Phi) is 64.8. The lowest BCUT2D eigenvalue weighted by Gasteiger charge is -2.18. The first-order valence-corrected chi connectivity index (χ1v) is 34.0. The van der Waals surface area contributed by atoms with Crippen molar-refractivity contribution in [2.75, 3.05) is 13.2 Å². The van der Waals surface area contributed by atoms with Crippen LogP contribution in [-0.2, 0) is 28.6 Å². The molecule has 0 aliphatic carbocycles. The van der Waals surface area contributed by atoms with E-state index >= 15 is 0 Å². The quantitative estimate of drug-likeness (QED) is 0.0261. The number of carbonyl (C=O) groups is 3. The van der Waals surface area contributed by atoms with Crippen LogP contribution in [0.5, 0.6) is 0 Å². The Labute approximate surface area is 501 Å². The first-order chi connectivity index (χ1) is 40.0. The van der Waals surface area contributed by atoms with Gasteiger partial charge in [0.25, 0.3) is 0 Å². The van der Waals surface area contributed by atoms with Crippen LogP contribution in [0.2, 0.25) is 0 Å². The molecule has 462 valence electrons. The predicted molar refractivity (Wildman–Crippen MR) is 353 cm³/mol. The van der Waals surface area contributed by atoms with Gasteiger partial charge in [0.05, 0.1) is 0 Å². The van der Waals surface area contributed by atoms with Gasteiger partial charge in [0.1, 0.15) is 13.2 Å². The molecule has 0 aromatic heterocycles. The molecule has 1 unspecified atom stereocenters. The number of esters is 3. The molecule has 0 bridgehead atoms. The van der Waals surface area contributed by atoms with Crippen molar-refractivity contribution in [2.24, 2.45) is 0 Å². The molecule has 0 fully saturated rings. The highest BCUT2D eigenvalue weighted by Gasteiger charge is 2.19. The van der Waals surface area contributed by atoms with Gasteiger partial charge in [-0.25, -0.2) is 0 Å². The van der Waals surface area contributed by atoms with Crippen LogP contribution < -0.4 is 0 Å². The molecule has 0 saturated heterocycles. The third-order valence-electron chi connectivity index (χ3n) is 14.5. The number of allylic oxidation sites excluding steroid dienone is 20. The molecule has 0 amide bonds. The largest absolute Gasteiger partial charge is 0.462 e. The van der Waals surface area contributed by atoms with Crippen molar-refractivity contribution < 1.29 is 28.6 Å². The van der Waals surface area contributed by atoms with Crippen LogP contribution in [0, 0.1) is 0 Å². The molecule has 0 aromatic carbocycles. The minimum Gasteiger partial charge on any atom is -0.462 e. The number of ether oxygens (including phenoxy) is 3. The molecule has 81 heavy (non-hydrogen) atoms. The lowest BCUT2D eigenvalue weighted by atomic mass is 10.0. The van der Waals surface area contributed by atoms with E-state index in [-0.39, 0.29) is 31.1 Å². The summed E-state index contributed by atoms with van der Waals surface area (Å²) < 4.78 is 16.9. The molecular weight excluding hydrogens is 997 g/mol. The monoisotopic (exact) mass is 1120 g/mol. The van der Waals surface area contributed by atoms with E-state index in [2.05, 4.69) is 142 Å². The van der Waals surface area contributed by atoms with Crippen molar-refractivity contribution in [1.82, 2.24) is 0 Å². The van der Waals surface area contributed by atoms with Gasteiger partial charge in [-0.3, -0.25) is 14.4 Å². The average molecular weight is 1120 g/mol. The van der Waals surface area contributed by atoms with Gasteiger partial charge in [0.2, 0.25) is 0 Å². The molecular formula is C75H126O6. The van der Waals surface area contributed by atoms with Crippen molar-refractivity contribution in [3.8, 4) is 0 Å². The van der Waals surface area contributed by atoms with Crippen LogP contribution in [0.4, 0.5) is 0 Å². The summed E-state index contributed by atoms with van der Waals surface area (Å²) in [7, 11) is 0. The highest BCUT2D eigenvalue weighted by molar-refractivity contribution is 5.71. The van der Waals surface area contributed by atoms with Crippen molar-refractivity contribution in [1.29, 1.82) is 0 Å². The van der Waals surface area contributed by atoms with Gasteiger partial charge < -0.3 is 14.2 Å². The van der Waals surface area contributed by atoms with E-state index in [0.29, 0.717) is 19.3 Å². The number of hydrogen-bond acceptors (Lipinski definition) is 6. The summed E-state index contributed by atoms with van der Waals surface area (Å²) in [5.74, 6) is -0.880. The van der Waals surface area contributed by atoms with Gasteiger partial charge in [-0.05, 0) is 109 Å². The Morgan fingerprint density at radius 2 is 0.481 bits per heavy atom. The summed E-state index contributed by atoms with van der Waals surface area (Å²) in [6.45, 7) is 6.42. The van der Waals surface area contributed by atoms with E-state index in [1.807, 2.05) is 0 Å². The average Bonchev–Trinajstić information content (AvgIpc) is 3.47. The molecule has 0 rings (SSSR count). The molecule has 0 aliphatic rings. The Bertz CT molecular complexity index is 1670. The fourth-order valence-electron chi connectivity index (χ4n) is 9.44. The van der Waals surface area contributed by atoms with E-state index in [1.165, 1.54) is 154 Å². The third-order valence-corrected chi connectivity index (χ3v) is 14.5. The van der Waals surface area contributed by atoms with Crippen molar-refractivity contribution in [3.63, 3.8) is 0 Å². The predicted octanol–water partition coefficient (Wildman–Crippen LogP) is 23.6. The van der Waals surface area contributed by atoms with E-state index in [4.69, 9.17) is 14.2 Å². The zero-order valence-corrected chi connectivity index (χ0v) is 53.0. The molecule has 1 atom stereocenters. The molecule has 0 radical (unpaired) electrons. The minimum atomic E-state index is -0.784. The number of hydrogen-bond donors (Lipinski definition) is 0. The summed E-state index contributed by atoms with van der Waals surface area (Å²) in [4.78, 5) is 38.4. The summed E-state index contributed by atoms with van der Waals surface area (Å²) in [6.07, 6.45) is 95.0. The molecule has 0 aliphatic heterocycles. The second kappa shape index (κ2) is 68.3. The first kappa shape index (κ1) is 76.8. The van der Waals surface area contributed by atoms with Gasteiger partial charge >= 0.3 is 17.9 Å². The highest BCUT2D eigenvalue weighted by atomic mass is 16.6. The zero-order valence-electron chi connectivity index (χ0n) is 53.0. The SMILES string of the molecule is CC/C=C\C/C=C\C/C=C\C/C=C\C/C=C\C/C=C\CCCCCCCCCCCCC(=O)OCC(COC(=O)CCCCCCCCCCCCC)OC(=O)CCCCCCCCCCCC/C=C\C/C=C\C/C=C\C/C=C\CC. The Morgan fingerprint density at radius 1 is 0.259 bits per heavy atom. The Morgan fingerprint density at radius 3 is 0.753 bits per heavy atom. The smallest absolute Gasteiger partial charge is 0.306 e. The van der Waals surface area contributed by atoms with Crippen molar-refractivity contribution >= 4 is 17.9 Å². The van der Waals surface area contributed by atoms with E-state index in [9.17, 15) is 14.4 Å². The van der Waals surface area contributed by atoms with E-state index in [0.717, 1.165) is 122 Å². The fraction of sp³-hybridized carbons (Fsp3) is 0.693. The maximum atomic E-state index is 12.9. The molecule has 0 N–H and O–H groups in total. The summed E-state index contributed by atoms with van der Waals surface area (Å²) >= 11 is 0. The van der Waals surface area contributed by atoms with Crippen LogP contribution in [0.25, 0.3) is 0 Å². The van der Waals surface area contributed by atoms with E-state index in [1.54, 1.807) is 0 Å². The van der Waals surface area contributed by atoms with Crippen molar-refractivity contribution in [3.05, 3.63) is 122 Å². The van der Waals surface area contributed by atoms with Crippen LogP contribution in [-0.4, -0.2) is 37.2 Å². The molecule has 0 spiro atoms. The van der Waals surface area contributed by atoms with Crippen molar-refractivity contribution in [2.45, 2.75) is 322 Å². The standard InChI is InChI=1S/C75H126O6/c1-4-7-10-13-16-19-22-24-26-28-30-32-34-35-36-37-38-39-41-42-44-46-48-50-53-56-59-62-65-68-74(77)80-71-72(70-79-73(76)67-64-61-58-55-52-21-18-15-12-9-6-3)81-75(78)69-66-63-60-57-54-51-49-47-45-43-40-33-31-29-27-25-23-20-17-14-11-8-5-2/h7-8,10-11,16-17,19-20,24-27,30-33,35-36,38-39,72H,4-6,9,12-15,18,21-23,28-29,34,37,40-71H2,1-3H3/b10-7-,11-8-,19-16-,20-17-,26-24-,27-25-,32-30-,33-31-,36-35-,39-38-. The number of unbranched alkanes of at least 4 members (excludes halogenated alkanes) is 30. The second-order valence-electron chi connectivity index (χ2n) is 22.3. The number of carbonyl (C=O) groups excluding carboxylic acids is 3. The highest BCUT2D eigenvalue weighted by Crippen LogP contribution is 2.17. The van der Waals surface area contributed by atoms with Crippen LogP contribution in [0.15, 0.2) is 122 Å². The molecule has 0 heterocycles. The summed E-state index contributed by atoms with van der Waals surface area (Å²) in [5, 5.41) is 0. The maximum absolute atomic E-state index is 12.9. The van der Waals surface area contributed by atoms with Crippen LogP contribution >= 0.6 is 0 Å². The minimum absolute atomic E-state index is 0.0796. The normalized spacial score (nSPS) is 12.9. The van der Waals surface area contributed by atoms with E-state index < -0.39 is 6.10 Å². The summed E-state index contributed by atoms with van der Waals surface area (Å²) in [5.41, 5.74) is 0. The van der Waals surface area contributed by atoms with Gasteiger partial charge in [-0.15, -0.1) is 0 Å². The molecule has 6 nitrogen and oxygen atoms in total. The Hall–Kier alpha value is -4.19. The van der Waals surface area contributed by atoms with Crippen LogP contribution in [0.3, 0.4) is 0 Å². The third kappa shape index (κ3) is 66.5. The Balaban J connectivity index is 4.27.